The zero-order chi connectivity index (χ0) is 12.4. The van der Waals surface area contributed by atoms with Gasteiger partial charge in [-0.2, -0.15) is 0 Å². The van der Waals surface area contributed by atoms with Crippen LogP contribution < -0.4 is 10.6 Å². The van der Waals surface area contributed by atoms with E-state index in [1.165, 1.54) is 24.1 Å². The Morgan fingerprint density at radius 2 is 2.18 bits per heavy atom. The van der Waals surface area contributed by atoms with Crippen molar-refractivity contribution in [3.05, 3.63) is 22.9 Å². The van der Waals surface area contributed by atoms with Crippen molar-refractivity contribution in [1.29, 1.82) is 5.41 Å². The van der Waals surface area contributed by atoms with Gasteiger partial charge in [0.2, 0.25) is 0 Å². The molecule has 0 saturated carbocycles. The molecular formula is C13H20N4. The molecule has 0 fully saturated rings. The molecule has 0 aromatic carbocycles. The van der Waals surface area contributed by atoms with Gasteiger partial charge < -0.3 is 10.6 Å². The second kappa shape index (κ2) is 4.73. The third-order valence-corrected chi connectivity index (χ3v) is 3.41. The quantitative estimate of drug-likeness (QED) is 0.616. The van der Waals surface area contributed by atoms with Gasteiger partial charge in [-0.15, -0.1) is 0 Å². The lowest BCUT2D eigenvalue weighted by Crippen LogP contribution is -2.25. The summed E-state index contributed by atoms with van der Waals surface area (Å²) >= 11 is 0. The third-order valence-electron chi connectivity index (χ3n) is 3.41. The van der Waals surface area contributed by atoms with Crippen LogP contribution in [0, 0.1) is 5.41 Å². The summed E-state index contributed by atoms with van der Waals surface area (Å²) < 4.78 is 0. The number of rotatable bonds is 3. The number of fused-ring (bicyclic) bond motifs is 1. The second-order valence-corrected chi connectivity index (χ2v) is 4.60. The number of aromatic nitrogens is 1. The standard InChI is InChI=1S/C13H20N4/c1-3-17(2)13-10(12(14)15)8-9-6-4-5-7-11(9)16-13/h8H,3-7H2,1-2H3,(H3,14,15). The Labute approximate surface area is 102 Å². The fourth-order valence-electron chi connectivity index (χ4n) is 2.26. The highest BCUT2D eigenvalue weighted by Crippen LogP contribution is 2.26. The molecule has 0 atom stereocenters. The van der Waals surface area contributed by atoms with Gasteiger partial charge in [-0.05, 0) is 44.2 Å². The van der Waals surface area contributed by atoms with Crippen LogP contribution in [0.2, 0.25) is 0 Å². The topological polar surface area (TPSA) is 66.0 Å². The Hall–Kier alpha value is -1.58. The van der Waals surface area contributed by atoms with Crippen LogP contribution in [0.25, 0.3) is 0 Å². The number of amidine groups is 1. The molecular weight excluding hydrogens is 212 g/mol. The van der Waals surface area contributed by atoms with Crippen molar-refractivity contribution in [2.75, 3.05) is 18.5 Å². The average molecular weight is 232 g/mol. The molecule has 4 nitrogen and oxygen atoms in total. The first-order valence-corrected chi connectivity index (χ1v) is 6.21. The number of nitrogens with two attached hydrogens (primary N) is 1. The van der Waals surface area contributed by atoms with Crippen LogP contribution in [0.5, 0.6) is 0 Å². The molecule has 92 valence electrons. The van der Waals surface area contributed by atoms with Crippen molar-refractivity contribution in [2.45, 2.75) is 32.6 Å². The highest BCUT2D eigenvalue weighted by molar-refractivity contribution is 5.99. The minimum atomic E-state index is 0.112. The summed E-state index contributed by atoms with van der Waals surface area (Å²) in [5.74, 6) is 0.960. The van der Waals surface area contributed by atoms with Crippen LogP contribution in [0.1, 0.15) is 36.6 Å². The maximum Gasteiger partial charge on any atom is 0.139 e. The van der Waals surface area contributed by atoms with E-state index in [2.05, 4.69) is 13.0 Å². The third kappa shape index (κ3) is 2.25. The molecule has 0 radical (unpaired) electrons. The van der Waals surface area contributed by atoms with E-state index in [-0.39, 0.29) is 5.84 Å². The number of hydrogen-bond donors (Lipinski definition) is 2. The monoisotopic (exact) mass is 232 g/mol. The zero-order valence-electron chi connectivity index (χ0n) is 10.6. The number of pyridine rings is 1. The number of anilines is 1. The molecule has 1 aliphatic carbocycles. The van der Waals surface area contributed by atoms with Gasteiger partial charge in [-0.3, -0.25) is 5.41 Å². The van der Waals surface area contributed by atoms with Crippen molar-refractivity contribution in [3.63, 3.8) is 0 Å². The van der Waals surface area contributed by atoms with Crippen molar-refractivity contribution < 1.29 is 0 Å². The van der Waals surface area contributed by atoms with Crippen molar-refractivity contribution in [3.8, 4) is 0 Å². The molecule has 1 aromatic rings. The van der Waals surface area contributed by atoms with E-state index < -0.39 is 0 Å². The highest BCUT2D eigenvalue weighted by Gasteiger charge is 2.18. The Morgan fingerprint density at radius 3 is 2.82 bits per heavy atom. The highest BCUT2D eigenvalue weighted by atomic mass is 15.2. The van der Waals surface area contributed by atoms with Gasteiger partial charge in [0.25, 0.3) is 0 Å². The summed E-state index contributed by atoms with van der Waals surface area (Å²) in [7, 11) is 1.99. The normalized spacial score (nSPS) is 14.2. The Kier molecular flexibility index (Phi) is 3.31. The van der Waals surface area contributed by atoms with E-state index in [0.717, 1.165) is 30.8 Å². The zero-order valence-corrected chi connectivity index (χ0v) is 10.6. The predicted octanol–water partition coefficient (Wildman–Crippen LogP) is 1.70. The van der Waals surface area contributed by atoms with Crippen LogP contribution in [0.3, 0.4) is 0 Å². The van der Waals surface area contributed by atoms with E-state index in [4.69, 9.17) is 16.1 Å². The van der Waals surface area contributed by atoms with E-state index in [0.29, 0.717) is 0 Å². The van der Waals surface area contributed by atoms with Crippen LogP contribution in [-0.4, -0.2) is 24.4 Å². The molecule has 0 aliphatic heterocycles. The Morgan fingerprint density at radius 1 is 1.47 bits per heavy atom. The fourth-order valence-corrected chi connectivity index (χ4v) is 2.26. The SMILES string of the molecule is CCN(C)c1nc2c(cc1C(=N)N)CCCC2. The van der Waals surface area contributed by atoms with Crippen molar-refractivity contribution in [1.82, 2.24) is 4.98 Å². The summed E-state index contributed by atoms with van der Waals surface area (Å²) in [4.78, 5) is 6.76. The number of nitrogens with zero attached hydrogens (tertiary/aromatic N) is 2. The Bertz CT molecular complexity index is 439. The van der Waals surface area contributed by atoms with Gasteiger partial charge in [0.05, 0.1) is 5.56 Å². The summed E-state index contributed by atoms with van der Waals surface area (Å²) in [6.45, 7) is 2.94. The lowest BCUT2D eigenvalue weighted by Gasteiger charge is -2.23. The lowest BCUT2D eigenvalue weighted by molar-refractivity contribution is 0.666. The number of nitrogen functional groups attached to an aromatic ring is 1. The van der Waals surface area contributed by atoms with Gasteiger partial charge >= 0.3 is 0 Å². The Balaban J connectivity index is 2.51. The fraction of sp³-hybridized carbons (Fsp3) is 0.538. The molecule has 1 aromatic heterocycles. The largest absolute Gasteiger partial charge is 0.384 e. The van der Waals surface area contributed by atoms with Gasteiger partial charge in [0, 0.05) is 19.3 Å². The maximum absolute atomic E-state index is 7.67. The van der Waals surface area contributed by atoms with Crippen molar-refractivity contribution in [2.24, 2.45) is 5.73 Å². The number of hydrogen-bond acceptors (Lipinski definition) is 3. The van der Waals surface area contributed by atoms with Crippen LogP contribution >= 0.6 is 0 Å². The van der Waals surface area contributed by atoms with Gasteiger partial charge in [-0.1, -0.05) is 0 Å². The molecule has 0 saturated heterocycles. The average Bonchev–Trinajstić information content (AvgIpc) is 2.36. The minimum Gasteiger partial charge on any atom is -0.384 e. The molecule has 0 unspecified atom stereocenters. The smallest absolute Gasteiger partial charge is 0.139 e. The van der Waals surface area contributed by atoms with E-state index in [1.54, 1.807) is 0 Å². The summed E-state index contributed by atoms with van der Waals surface area (Å²) in [6, 6.07) is 2.06. The number of nitrogens with one attached hydrogen (secondary N) is 1. The second-order valence-electron chi connectivity index (χ2n) is 4.60. The van der Waals surface area contributed by atoms with Crippen molar-refractivity contribution >= 4 is 11.7 Å². The predicted molar refractivity (Wildman–Crippen MR) is 70.8 cm³/mol. The molecule has 1 heterocycles. The van der Waals surface area contributed by atoms with Crippen LogP contribution in [-0.2, 0) is 12.8 Å². The molecule has 0 amide bonds. The molecule has 2 rings (SSSR count). The molecule has 0 bridgehead atoms. The molecule has 0 spiro atoms. The van der Waals surface area contributed by atoms with E-state index in [9.17, 15) is 0 Å². The lowest BCUT2D eigenvalue weighted by atomic mass is 9.94. The first-order chi connectivity index (χ1) is 8.13. The molecule has 1 aliphatic rings. The summed E-state index contributed by atoms with van der Waals surface area (Å²) in [6.07, 6.45) is 4.56. The molecule has 3 N–H and O–H groups in total. The molecule has 17 heavy (non-hydrogen) atoms. The van der Waals surface area contributed by atoms with Crippen LogP contribution in [0.15, 0.2) is 6.07 Å². The first kappa shape index (κ1) is 11.9. The summed E-state index contributed by atoms with van der Waals surface area (Å²) in [5, 5.41) is 7.67. The van der Waals surface area contributed by atoms with Gasteiger partial charge in [-0.25, -0.2) is 4.98 Å². The minimum absolute atomic E-state index is 0.112. The van der Waals surface area contributed by atoms with Crippen LogP contribution in [0.4, 0.5) is 5.82 Å². The van der Waals surface area contributed by atoms with Gasteiger partial charge in [0.15, 0.2) is 0 Å². The van der Waals surface area contributed by atoms with E-state index in [1.807, 2.05) is 11.9 Å². The van der Waals surface area contributed by atoms with E-state index >= 15 is 0 Å². The summed E-state index contributed by atoms with van der Waals surface area (Å²) in [5.41, 5.74) is 8.89. The first-order valence-electron chi connectivity index (χ1n) is 6.21. The number of aryl methyl sites for hydroxylation is 2. The molecule has 4 heteroatoms. The van der Waals surface area contributed by atoms with Gasteiger partial charge in [0.1, 0.15) is 11.7 Å². The maximum atomic E-state index is 7.67.